The maximum Gasteiger partial charge on any atom is 0.307 e. The Morgan fingerprint density at radius 2 is 2.14 bits per heavy atom. The highest BCUT2D eigenvalue weighted by atomic mass is 32.1. The van der Waals surface area contributed by atoms with Crippen LogP contribution < -0.4 is 5.56 Å². The van der Waals surface area contributed by atoms with Gasteiger partial charge in [0.25, 0.3) is 5.56 Å². The maximum absolute atomic E-state index is 12.9. The molecule has 9 heteroatoms. The number of nitrogens with zero attached hydrogens (tertiary/aromatic N) is 4. The van der Waals surface area contributed by atoms with Crippen molar-refractivity contribution in [1.82, 2.24) is 19.4 Å². The number of esters is 1. The zero-order valence-electron chi connectivity index (χ0n) is 16.6. The van der Waals surface area contributed by atoms with Gasteiger partial charge in [0.05, 0.1) is 23.8 Å². The van der Waals surface area contributed by atoms with Crippen molar-refractivity contribution in [2.45, 2.75) is 51.8 Å². The average molecular weight is 433 g/mol. The van der Waals surface area contributed by atoms with Crippen molar-refractivity contribution >= 4 is 38.9 Å². The summed E-state index contributed by atoms with van der Waals surface area (Å²) in [7, 11) is 3.97. The number of aromatic nitrogens is 3. The predicted octanol–water partition coefficient (Wildman–Crippen LogP) is 2.99. The standard InChI is InChI=1S/C20H24N4O3S2/c1-23(2)9-16-22-13(11-28-16)10-27-17(25)7-8-24-12-21-19-18(20(24)26)14-5-3-4-6-15(14)29-19/h11-12H,3-10H2,1-2H3. The molecular formula is C20H24N4O3S2. The molecule has 3 aromatic heterocycles. The van der Waals surface area contributed by atoms with Crippen molar-refractivity contribution in [2.24, 2.45) is 0 Å². The summed E-state index contributed by atoms with van der Waals surface area (Å²) in [5.41, 5.74) is 1.88. The summed E-state index contributed by atoms with van der Waals surface area (Å²) in [6, 6.07) is 0. The number of thiophene rings is 1. The number of hydrogen-bond acceptors (Lipinski definition) is 8. The van der Waals surface area contributed by atoms with Crippen LogP contribution in [-0.4, -0.2) is 39.5 Å². The average Bonchev–Trinajstić information content (AvgIpc) is 3.29. The minimum absolute atomic E-state index is 0.0463. The van der Waals surface area contributed by atoms with Crippen molar-refractivity contribution in [2.75, 3.05) is 14.1 Å². The second kappa shape index (κ2) is 8.73. The van der Waals surface area contributed by atoms with Crippen molar-refractivity contribution in [3.63, 3.8) is 0 Å². The maximum atomic E-state index is 12.9. The van der Waals surface area contributed by atoms with Gasteiger partial charge in [-0.05, 0) is 45.3 Å². The lowest BCUT2D eigenvalue weighted by molar-refractivity contribution is -0.145. The largest absolute Gasteiger partial charge is 0.459 e. The number of carbonyl (C=O) groups is 1. The van der Waals surface area contributed by atoms with Crippen molar-refractivity contribution in [3.8, 4) is 0 Å². The Hall–Kier alpha value is -2.10. The minimum Gasteiger partial charge on any atom is -0.459 e. The fourth-order valence-corrected chi connectivity index (χ4v) is 5.65. The molecule has 4 rings (SSSR count). The van der Waals surface area contributed by atoms with Gasteiger partial charge >= 0.3 is 5.97 Å². The van der Waals surface area contributed by atoms with Crippen LogP contribution in [0, 0.1) is 0 Å². The fraction of sp³-hybridized carbons (Fsp3) is 0.500. The van der Waals surface area contributed by atoms with Gasteiger partial charge in [-0.25, -0.2) is 9.97 Å². The van der Waals surface area contributed by atoms with Crippen LogP contribution in [-0.2, 0) is 42.1 Å². The molecule has 0 spiro atoms. The lowest BCUT2D eigenvalue weighted by atomic mass is 9.97. The summed E-state index contributed by atoms with van der Waals surface area (Å²) in [4.78, 5) is 38.1. The third-order valence-electron chi connectivity index (χ3n) is 4.93. The van der Waals surface area contributed by atoms with E-state index in [0.717, 1.165) is 46.7 Å². The smallest absolute Gasteiger partial charge is 0.307 e. The van der Waals surface area contributed by atoms with Gasteiger partial charge in [-0.2, -0.15) is 0 Å². The Morgan fingerprint density at radius 3 is 2.97 bits per heavy atom. The van der Waals surface area contributed by atoms with Gasteiger partial charge in [0.2, 0.25) is 0 Å². The van der Waals surface area contributed by atoms with Gasteiger partial charge in [-0.3, -0.25) is 14.2 Å². The number of rotatable bonds is 7. The van der Waals surface area contributed by atoms with E-state index < -0.39 is 0 Å². The van der Waals surface area contributed by atoms with E-state index in [1.165, 1.54) is 21.4 Å². The fourth-order valence-electron chi connectivity index (χ4n) is 3.54. The van der Waals surface area contributed by atoms with Gasteiger partial charge in [-0.15, -0.1) is 22.7 Å². The van der Waals surface area contributed by atoms with E-state index >= 15 is 0 Å². The van der Waals surface area contributed by atoms with Crippen LogP contribution in [0.2, 0.25) is 0 Å². The van der Waals surface area contributed by atoms with Crippen LogP contribution >= 0.6 is 22.7 Å². The first-order valence-corrected chi connectivity index (χ1v) is 11.4. The number of fused-ring (bicyclic) bond motifs is 3. The Bertz CT molecular complexity index is 1080. The molecule has 0 amide bonds. The highest BCUT2D eigenvalue weighted by Crippen LogP contribution is 2.33. The molecule has 0 aliphatic heterocycles. The molecule has 0 saturated carbocycles. The van der Waals surface area contributed by atoms with E-state index in [2.05, 4.69) is 9.97 Å². The molecule has 3 aromatic rings. The monoisotopic (exact) mass is 432 g/mol. The highest BCUT2D eigenvalue weighted by Gasteiger charge is 2.20. The van der Waals surface area contributed by atoms with Gasteiger partial charge < -0.3 is 9.64 Å². The van der Waals surface area contributed by atoms with E-state index in [0.29, 0.717) is 0 Å². The van der Waals surface area contributed by atoms with Crippen LogP contribution in [0.15, 0.2) is 16.5 Å². The van der Waals surface area contributed by atoms with Gasteiger partial charge in [0.1, 0.15) is 16.4 Å². The van der Waals surface area contributed by atoms with E-state index in [9.17, 15) is 9.59 Å². The first kappa shape index (κ1) is 20.2. The number of hydrogen-bond donors (Lipinski definition) is 0. The third kappa shape index (κ3) is 4.57. The lowest BCUT2D eigenvalue weighted by Gasteiger charge is -2.10. The van der Waals surface area contributed by atoms with Crippen LogP contribution in [0.4, 0.5) is 0 Å². The predicted molar refractivity (Wildman–Crippen MR) is 114 cm³/mol. The van der Waals surface area contributed by atoms with Crippen LogP contribution in [0.5, 0.6) is 0 Å². The number of carbonyl (C=O) groups excluding carboxylic acids is 1. The van der Waals surface area contributed by atoms with E-state index in [1.54, 1.807) is 29.0 Å². The molecule has 0 aromatic carbocycles. The molecule has 0 radical (unpaired) electrons. The van der Waals surface area contributed by atoms with Crippen molar-refractivity contribution in [3.05, 3.63) is 43.2 Å². The van der Waals surface area contributed by atoms with E-state index in [-0.39, 0.29) is 31.1 Å². The molecule has 0 atom stereocenters. The van der Waals surface area contributed by atoms with Crippen LogP contribution in [0.25, 0.3) is 10.2 Å². The molecule has 7 nitrogen and oxygen atoms in total. The SMILES string of the molecule is CN(C)Cc1nc(COC(=O)CCn2cnc3sc4c(c3c2=O)CCCC4)cs1. The number of aryl methyl sites for hydroxylation is 3. The second-order valence-electron chi connectivity index (χ2n) is 7.52. The molecule has 0 bridgehead atoms. The molecule has 0 fully saturated rings. The lowest BCUT2D eigenvalue weighted by Crippen LogP contribution is -2.23. The number of ether oxygens (including phenoxy) is 1. The zero-order chi connectivity index (χ0) is 20.4. The molecule has 1 aliphatic rings. The molecule has 0 unspecified atom stereocenters. The normalized spacial score (nSPS) is 13.8. The van der Waals surface area contributed by atoms with Gasteiger partial charge in [-0.1, -0.05) is 0 Å². The first-order valence-electron chi connectivity index (χ1n) is 9.74. The number of thiazole rings is 1. The topological polar surface area (TPSA) is 77.3 Å². The molecule has 0 saturated heterocycles. The summed E-state index contributed by atoms with van der Waals surface area (Å²) >= 11 is 3.19. The minimum atomic E-state index is -0.341. The molecule has 29 heavy (non-hydrogen) atoms. The van der Waals surface area contributed by atoms with Gasteiger partial charge in [0, 0.05) is 23.3 Å². The van der Waals surface area contributed by atoms with Crippen LogP contribution in [0.3, 0.4) is 0 Å². The second-order valence-corrected chi connectivity index (χ2v) is 9.54. The molecule has 154 valence electrons. The highest BCUT2D eigenvalue weighted by molar-refractivity contribution is 7.18. The summed E-state index contributed by atoms with van der Waals surface area (Å²) < 4.78 is 6.86. The zero-order valence-corrected chi connectivity index (χ0v) is 18.3. The molecule has 3 heterocycles. The summed E-state index contributed by atoms with van der Waals surface area (Å²) in [6.45, 7) is 1.20. The van der Waals surface area contributed by atoms with Crippen LogP contribution in [0.1, 0.15) is 40.4 Å². The van der Waals surface area contributed by atoms with E-state index in [4.69, 9.17) is 4.74 Å². The van der Waals surface area contributed by atoms with Crippen molar-refractivity contribution in [1.29, 1.82) is 0 Å². The molecule has 1 aliphatic carbocycles. The van der Waals surface area contributed by atoms with Gasteiger partial charge in [0.15, 0.2) is 0 Å². The summed E-state index contributed by atoms with van der Waals surface area (Å²) in [5.74, 6) is -0.341. The Morgan fingerprint density at radius 1 is 1.31 bits per heavy atom. The third-order valence-corrected chi connectivity index (χ3v) is 7.01. The summed E-state index contributed by atoms with van der Waals surface area (Å²) in [5, 5.41) is 3.65. The Balaban J connectivity index is 1.37. The van der Waals surface area contributed by atoms with Crippen molar-refractivity contribution < 1.29 is 9.53 Å². The first-order chi connectivity index (χ1) is 14.0. The molecular weight excluding hydrogens is 408 g/mol. The van der Waals surface area contributed by atoms with E-state index in [1.807, 2.05) is 24.4 Å². The summed E-state index contributed by atoms with van der Waals surface area (Å²) in [6.07, 6.45) is 5.96. The quantitative estimate of drug-likeness (QED) is 0.534. The Labute approximate surface area is 177 Å². The molecule has 0 N–H and O–H groups in total. The Kier molecular flexibility index (Phi) is 6.07.